The maximum atomic E-state index is 13.8. The lowest BCUT2D eigenvalue weighted by Gasteiger charge is -2.39. The molecule has 96 valence electrons. The molecule has 6 heteroatoms. The predicted molar refractivity (Wildman–Crippen MR) is 65.6 cm³/mol. The summed E-state index contributed by atoms with van der Waals surface area (Å²) in [6.45, 7) is 1.91. The summed E-state index contributed by atoms with van der Waals surface area (Å²) in [6, 6.07) is 0.193. The van der Waals surface area contributed by atoms with Gasteiger partial charge in [-0.2, -0.15) is 0 Å². The third-order valence-corrected chi connectivity index (χ3v) is 3.71. The van der Waals surface area contributed by atoms with Gasteiger partial charge >= 0.3 is 0 Å². The normalized spacial score (nSPS) is 23.4. The number of nitrogens with two attached hydrogens (primary N) is 1. The molecule has 5 nitrogen and oxygen atoms in total. The van der Waals surface area contributed by atoms with Crippen LogP contribution in [0, 0.1) is 5.82 Å². The Bertz CT molecular complexity index is 473. The molecule has 1 aromatic heterocycles. The zero-order chi connectivity index (χ0) is 12.7. The molecule has 1 atom stereocenters. The standard InChI is InChI=1S/C12H15FN4O/c13-9-5-15-6-10(14)12(9)16-3-4-17-8(7-16)1-2-11(17)18/h5-6,8H,1-4,7,14H2/t8-/m0/s1. The molecule has 2 aliphatic rings. The SMILES string of the molecule is Nc1cncc(F)c1N1CCN2C(=O)CC[C@H]2C1. The number of amides is 1. The number of carbonyl (C=O) groups is 1. The number of carbonyl (C=O) groups excluding carboxylic acids is 1. The molecule has 0 aliphatic carbocycles. The maximum Gasteiger partial charge on any atom is 0.223 e. The van der Waals surface area contributed by atoms with Gasteiger partial charge in [-0.15, -0.1) is 0 Å². The molecule has 0 unspecified atom stereocenters. The number of pyridine rings is 1. The summed E-state index contributed by atoms with van der Waals surface area (Å²) in [5.74, 6) is -0.185. The first kappa shape index (κ1) is 11.3. The molecule has 0 saturated carbocycles. The van der Waals surface area contributed by atoms with E-state index in [9.17, 15) is 9.18 Å². The molecule has 3 heterocycles. The summed E-state index contributed by atoms with van der Waals surface area (Å²) >= 11 is 0. The van der Waals surface area contributed by atoms with Crippen LogP contribution in [0.15, 0.2) is 12.4 Å². The highest BCUT2D eigenvalue weighted by molar-refractivity contribution is 5.79. The first-order valence-electron chi connectivity index (χ1n) is 6.10. The van der Waals surface area contributed by atoms with Gasteiger partial charge in [0.2, 0.25) is 5.91 Å². The lowest BCUT2D eigenvalue weighted by Crippen LogP contribution is -2.51. The monoisotopic (exact) mass is 250 g/mol. The molecule has 1 amide bonds. The highest BCUT2D eigenvalue weighted by atomic mass is 19.1. The van der Waals surface area contributed by atoms with Gasteiger partial charge in [-0.1, -0.05) is 0 Å². The minimum atomic E-state index is -0.396. The lowest BCUT2D eigenvalue weighted by molar-refractivity contribution is -0.129. The van der Waals surface area contributed by atoms with Crippen molar-refractivity contribution in [1.29, 1.82) is 0 Å². The van der Waals surface area contributed by atoms with Crippen LogP contribution < -0.4 is 10.6 Å². The smallest absolute Gasteiger partial charge is 0.223 e. The second-order valence-corrected chi connectivity index (χ2v) is 4.78. The number of hydrogen-bond acceptors (Lipinski definition) is 4. The molecule has 0 bridgehead atoms. The number of fused-ring (bicyclic) bond motifs is 1. The Morgan fingerprint density at radius 2 is 2.22 bits per heavy atom. The van der Waals surface area contributed by atoms with Crippen LogP contribution in [0.3, 0.4) is 0 Å². The van der Waals surface area contributed by atoms with E-state index in [-0.39, 0.29) is 11.9 Å². The number of halogens is 1. The van der Waals surface area contributed by atoms with Gasteiger partial charge in [0.15, 0.2) is 5.82 Å². The van der Waals surface area contributed by atoms with Crippen LogP contribution >= 0.6 is 0 Å². The van der Waals surface area contributed by atoms with Gasteiger partial charge in [-0.05, 0) is 6.42 Å². The topological polar surface area (TPSA) is 62.5 Å². The van der Waals surface area contributed by atoms with E-state index in [1.807, 2.05) is 9.80 Å². The molecule has 0 radical (unpaired) electrons. The van der Waals surface area contributed by atoms with Gasteiger partial charge in [-0.3, -0.25) is 9.78 Å². The van der Waals surface area contributed by atoms with Crippen molar-refractivity contribution in [2.75, 3.05) is 30.3 Å². The van der Waals surface area contributed by atoms with Crippen molar-refractivity contribution in [2.45, 2.75) is 18.9 Å². The molecule has 1 aromatic rings. The molecule has 2 aliphatic heterocycles. The summed E-state index contributed by atoms with van der Waals surface area (Å²) in [7, 11) is 0. The molecule has 0 aromatic carbocycles. The highest BCUT2D eigenvalue weighted by Crippen LogP contribution is 2.30. The second-order valence-electron chi connectivity index (χ2n) is 4.78. The zero-order valence-corrected chi connectivity index (χ0v) is 9.97. The second kappa shape index (κ2) is 4.12. The minimum Gasteiger partial charge on any atom is -0.396 e. The van der Waals surface area contributed by atoms with Gasteiger partial charge in [0.1, 0.15) is 0 Å². The molecule has 18 heavy (non-hydrogen) atoms. The fourth-order valence-electron chi connectivity index (χ4n) is 2.84. The predicted octanol–water partition coefficient (Wildman–Crippen LogP) is 0.614. The van der Waals surface area contributed by atoms with Gasteiger partial charge in [-0.25, -0.2) is 4.39 Å². The van der Waals surface area contributed by atoms with E-state index >= 15 is 0 Å². The number of nitrogens with zero attached hydrogens (tertiary/aromatic N) is 3. The van der Waals surface area contributed by atoms with Crippen molar-refractivity contribution < 1.29 is 9.18 Å². The first-order chi connectivity index (χ1) is 8.66. The first-order valence-corrected chi connectivity index (χ1v) is 6.10. The van der Waals surface area contributed by atoms with Gasteiger partial charge in [0, 0.05) is 32.1 Å². The van der Waals surface area contributed by atoms with Gasteiger partial charge < -0.3 is 15.5 Å². The van der Waals surface area contributed by atoms with Crippen molar-refractivity contribution >= 4 is 17.3 Å². The van der Waals surface area contributed by atoms with E-state index < -0.39 is 5.82 Å². The van der Waals surface area contributed by atoms with Crippen LogP contribution in [0.1, 0.15) is 12.8 Å². The maximum absolute atomic E-state index is 13.8. The summed E-state index contributed by atoms with van der Waals surface area (Å²) in [6.07, 6.45) is 4.09. The molecule has 0 spiro atoms. The summed E-state index contributed by atoms with van der Waals surface area (Å²) in [4.78, 5) is 19.1. The molecular weight excluding hydrogens is 235 g/mol. The fraction of sp³-hybridized carbons (Fsp3) is 0.500. The van der Waals surface area contributed by atoms with Crippen LogP contribution in [0.4, 0.5) is 15.8 Å². The Kier molecular flexibility index (Phi) is 2.57. The number of aromatic nitrogens is 1. The minimum absolute atomic E-state index is 0.193. The molecular formula is C12H15FN4O. The summed E-state index contributed by atoms with van der Waals surface area (Å²) in [5, 5.41) is 0. The van der Waals surface area contributed by atoms with Crippen LogP contribution in [-0.4, -0.2) is 41.5 Å². The quantitative estimate of drug-likeness (QED) is 0.793. The number of anilines is 2. The van der Waals surface area contributed by atoms with Crippen LogP contribution in [0.25, 0.3) is 0 Å². The van der Waals surface area contributed by atoms with E-state index in [1.54, 1.807) is 0 Å². The lowest BCUT2D eigenvalue weighted by atomic mass is 10.1. The third-order valence-electron chi connectivity index (χ3n) is 3.71. The Labute approximate surface area is 104 Å². The average molecular weight is 250 g/mol. The van der Waals surface area contributed by atoms with Crippen molar-refractivity contribution in [3.8, 4) is 0 Å². The Hall–Kier alpha value is -1.85. The zero-order valence-electron chi connectivity index (χ0n) is 9.97. The molecule has 2 saturated heterocycles. The highest BCUT2D eigenvalue weighted by Gasteiger charge is 2.36. The average Bonchev–Trinajstić information content (AvgIpc) is 2.71. The Balaban J connectivity index is 1.85. The van der Waals surface area contributed by atoms with E-state index in [1.165, 1.54) is 12.4 Å². The Morgan fingerprint density at radius 1 is 1.39 bits per heavy atom. The van der Waals surface area contributed by atoms with Crippen molar-refractivity contribution in [3.05, 3.63) is 18.2 Å². The van der Waals surface area contributed by atoms with Gasteiger partial charge in [0.25, 0.3) is 0 Å². The number of rotatable bonds is 1. The number of hydrogen-bond donors (Lipinski definition) is 1. The van der Waals surface area contributed by atoms with Gasteiger partial charge in [0.05, 0.1) is 23.8 Å². The van der Waals surface area contributed by atoms with Crippen LogP contribution in [-0.2, 0) is 4.79 Å². The van der Waals surface area contributed by atoms with Crippen molar-refractivity contribution in [3.63, 3.8) is 0 Å². The summed E-state index contributed by atoms with van der Waals surface area (Å²) < 4.78 is 13.8. The van der Waals surface area contributed by atoms with Crippen molar-refractivity contribution in [1.82, 2.24) is 9.88 Å². The molecule has 2 fully saturated rings. The molecule has 2 N–H and O–H groups in total. The number of piperazine rings is 1. The van der Waals surface area contributed by atoms with Crippen LogP contribution in [0.5, 0.6) is 0 Å². The fourth-order valence-corrected chi connectivity index (χ4v) is 2.84. The molecule has 3 rings (SSSR count). The van der Waals surface area contributed by atoms with E-state index in [2.05, 4.69) is 4.98 Å². The largest absolute Gasteiger partial charge is 0.396 e. The summed E-state index contributed by atoms with van der Waals surface area (Å²) in [5.41, 5.74) is 6.57. The Morgan fingerprint density at radius 3 is 3.00 bits per heavy atom. The van der Waals surface area contributed by atoms with Crippen molar-refractivity contribution in [2.24, 2.45) is 0 Å². The van der Waals surface area contributed by atoms with E-state index in [0.29, 0.717) is 37.4 Å². The number of nitrogen functional groups attached to an aromatic ring is 1. The van der Waals surface area contributed by atoms with Crippen LogP contribution in [0.2, 0.25) is 0 Å². The van der Waals surface area contributed by atoms with E-state index in [4.69, 9.17) is 5.73 Å². The van der Waals surface area contributed by atoms with E-state index in [0.717, 1.165) is 6.42 Å². The third kappa shape index (κ3) is 1.68.